The number of amides is 1. The normalized spacial score (nSPS) is 19.0. The number of hydrogen-bond acceptors (Lipinski definition) is 5. The van der Waals surface area contributed by atoms with Gasteiger partial charge in [0.05, 0.1) is 12.4 Å². The van der Waals surface area contributed by atoms with Crippen LogP contribution in [0.3, 0.4) is 0 Å². The van der Waals surface area contributed by atoms with Crippen molar-refractivity contribution in [1.82, 2.24) is 24.3 Å². The van der Waals surface area contributed by atoms with Gasteiger partial charge in [0.25, 0.3) is 0 Å². The van der Waals surface area contributed by atoms with Gasteiger partial charge in [-0.05, 0) is 26.7 Å². The first-order chi connectivity index (χ1) is 11.8. The Morgan fingerprint density at radius 2 is 2.08 bits per heavy atom. The second-order valence-electron chi connectivity index (χ2n) is 6.37. The van der Waals surface area contributed by atoms with Crippen LogP contribution in [0.4, 0.5) is 5.82 Å². The summed E-state index contributed by atoms with van der Waals surface area (Å²) in [7, 11) is -2.06. The number of carbonyl (C=O) groups is 1. The first kappa shape index (κ1) is 17.6. The van der Waals surface area contributed by atoms with Crippen LogP contribution < -0.4 is 9.62 Å². The molecule has 0 radical (unpaired) electrons. The Morgan fingerprint density at radius 1 is 1.32 bits per heavy atom. The average Bonchev–Trinajstić information content (AvgIpc) is 3.19. The highest BCUT2D eigenvalue weighted by Crippen LogP contribution is 2.21. The third kappa shape index (κ3) is 3.45. The van der Waals surface area contributed by atoms with Gasteiger partial charge in [0.2, 0.25) is 15.9 Å². The van der Waals surface area contributed by atoms with E-state index in [0.717, 1.165) is 0 Å². The van der Waals surface area contributed by atoms with Crippen LogP contribution in [0.5, 0.6) is 0 Å². The molecule has 0 bridgehead atoms. The maximum Gasteiger partial charge on any atom is 0.246 e. The van der Waals surface area contributed by atoms with Crippen LogP contribution in [0, 0.1) is 0 Å². The van der Waals surface area contributed by atoms with Gasteiger partial charge in [-0.2, -0.15) is 14.9 Å². The minimum Gasteiger partial charge on any atom is -0.296 e. The molecule has 1 fully saturated rings. The largest absolute Gasteiger partial charge is 0.296 e. The Bertz CT molecular complexity index is 869. The molecule has 1 atom stereocenters. The minimum atomic E-state index is -3.81. The van der Waals surface area contributed by atoms with Crippen molar-refractivity contribution in [2.45, 2.75) is 43.7 Å². The molecule has 9 nitrogen and oxygen atoms in total. The van der Waals surface area contributed by atoms with E-state index in [1.807, 2.05) is 13.8 Å². The van der Waals surface area contributed by atoms with E-state index < -0.39 is 16.1 Å². The van der Waals surface area contributed by atoms with Crippen molar-refractivity contribution in [1.29, 1.82) is 0 Å². The molecule has 1 aliphatic rings. The van der Waals surface area contributed by atoms with Crippen molar-refractivity contribution in [3.63, 3.8) is 0 Å². The van der Waals surface area contributed by atoms with Gasteiger partial charge in [-0.15, -0.1) is 0 Å². The zero-order valence-corrected chi connectivity index (χ0v) is 15.3. The molecule has 2 aromatic heterocycles. The highest BCUT2D eigenvalue weighted by atomic mass is 32.2. The van der Waals surface area contributed by atoms with Gasteiger partial charge in [0.1, 0.15) is 16.8 Å². The van der Waals surface area contributed by atoms with Crippen LogP contribution >= 0.6 is 0 Å². The summed E-state index contributed by atoms with van der Waals surface area (Å²) < 4.78 is 30.9. The monoisotopic (exact) mass is 366 g/mol. The second-order valence-corrected chi connectivity index (χ2v) is 8.08. The first-order valence-corrected chi connectivity index (χ1v) is 9.64. The quantitative estimate of drug-likeness (QED) is 0.838. The Kier molecular flexibility index (Phi) is 4.65. The fourth-order valence-corrected chi connectivity index (χ4v) is 4.00. The number of nitrogens with one attached hydrogen (secondary N) is 1. The van der Waals surface area contributed by atoms with E-state index in [4.69, 9.17) is 0 Å². The van der Waals surface area contributed by atoms with Crippen molar-refractivity contribution in [2.24, 2.45) is 7.05 Å². The summed E-state index contributed by atoms with van der Waals surface area (Å²) in [5.41, 5.74) is 0. The zero-order valence-electron chi connectivity index (χ0n) is 14.5. The number of nitrogens with zero attached hydrogens (tertiary/aromatic N) is 5. The zero-order chi connectivity index (χ0) is 18.2. The predicted octanol–water partition coefficient (Wildman–Crippen LogP) is 0.671. The molecule has 3 heterocycles. The molecule has 1 N–H and O–H groups in total. The van der Waals surface area contributed by atoms with Crippen LogP contribution in [-0.2, 0) is 21.9 Å². The van der Waals surface area contributed by atoms with E-state index >= 15 is 0 Å². The van der Waals surface area contributed by atoms with Gasteiger partial charge in [-0.3, -0.25) is 19.1 Å². The topological polar surface area (TPSA) is 102 Å². The molecular formula is C15H22N6O3S. The van der Waals surface area contributed by atoms with Gasteiger partial charge in [-0.25, -0.2) is 8.42 Å². The van der Waals surface area contributed by atoms with Crippen molar-refractivity contribution in [2.75, 3.05) is 11.4 Å². The molecule has 1 aliphatic heterocycles. The lowest BCUT2D eigenvalue weighted by atomic mass is 10.1. The summed E-state index contributed by atoms with van der Waals surface area (Å²) >= 11 is 0. The number of aryl methyl sites for hydroxylation is 1. The van der Waals surface area contributed by atoms with E-state index in [1.165, 1.54) is 12.4 Å². The van der Waals surface area contributed by atoms with E-state index in [0.29, 0.717) is 25.2 Å². The summed E-state index contributed by atoms with van der Waals surface area (Å²) in [6.07, 6.45) is 5.55. The highest BCUT2D eigenvalue weighted by molar-refractivity contribution is 7.89. The predicted molar refractivity (Wildman–Crippen MR) is 91.5 cm³/mol. The molecule has 3 rings (SSSR count). The molecule has 1 amide bonds. The number of piperidine rings is 1. The van der Waals surface area contributed by atoms with Crippen molar-refractivity contribution in [3.8, 4) is 0 Å². The molecule has 0 spiro atoms. The molecule has 0 aromatic carbocycles. The number of anilines is 1. The lowest BCUT2D eigenvalue weighted by Crippen LogP contribution is -2.52. The standard InChI is InChI=1S/C15H22N6O3S/c1-11(2)21-10-12(9-17-21)25(23,24)18-13-5-4-8-20(15(13)22)14-6-7-16-19(14)3/h6-7,9-11,13,18H,4-5,8H2,1-3H3/t13-/m0/s1. The van der Waals surface area contributed by atoms with Gasteiger partial charge < -0.3 is 0 Å². The molecule has 0 unspecified atom stereocenters. The van der Waals surface area contributed by atoms with Crippen LogP contribution in [0.1, 0.15) is 32.7 Å². The molecular weight excluding hydrogens is 344 g/mol. The van der Waals surface area contributed by atoms with Gasteiger partial charge in [-0.1, -0.05) is 0 Å². The van der Waals surface area contributed by atoms with Crippen LogP contribution in [-0.4, -0.2) is 46.5 Å². The second kappa shape index (κ2) is 6.60. The highest BCUT2D eigenvalue weighted by Gasteiger charge is 2.34. The number of rotatable bonds is 5. The maximum absolute atomic E-state index is 12.7. The van der Waals surface area contributed by atoms with Gasteiger partial charge >= 0.3 is 0 Å². The average molecular weight is 366 g/mol. The maximum atomic E-state index is 12.7. The van der Waals surface area contributed by atoms with Crippen molar-refractivity contribution in [3.05, 3.63) is 24.7 Å². The van der Waals surface area contributed by atoms with E-state index in [1.54, 1.807) is 33.6 Å². The Labute approximate surface area is 146 Å². The summed E-state index contributed by atoms with van der Waals surface area (Å²) in [6, 6.07) is 0.998. The van der Waals surface area contributed by atoms with Gasteiger partial charge in [0, 0.05) is 31.9 Å². The lowest BCUT2D eigenvalue weighted by Gasteiger charge is -2.32. The first-order valence-electron chi connectivity index (χ1n) is 8.15. The number of sulfonamides is 1. The van der Waals surface area contributed by atoms with Crippen LogP contribution in [0.2, 0.25) is 0 Å². The summed E-state index contributed by atoms with van der Waals surface area (Å²) in [6.45, 7) is 4.36. The molecule has 10 heteroatoms. The van der Waals surface area contributed by atoms with Gasteiger partial charge in [0.15, 0.2) is 0 Å². The van der Waals surface area contributed by atoms with E-state index in [-0.39, 0.29) is 16.8 Å². The summed E-state index contributed by atoms with van der Waals surface area (Å²) in [5, 5.41) is 8.12. The fourth-order valence-electron chi connectivity index (χ4n) is 2.84. The lowest BCUT2D eigenvalue weighted by molar-refractivity contribution is -0.121. The van der Waals surface area contributed by atoms with Crippen LogP contribution in [0.15, 0.2) is 29.6 Å². The molecule has 2 aromatic rings. The molecule has 25 heavy (non-hydrogen) atoms. The van der Waals surface area contributed by atoms with E-state index in [9.17, 15) is 13.2 Å². The van der Waals surface area contributed by atoms with E-state index in [2.05, 4.69) is 14.9 Å². The molecule has 0 saturated carbocycles. The molecule has 1 saturated heterocycles. The minimum absolute atomic E-state index is 0.0561. The van der Waals surface area contributed by atoms with Crippen molar-refractivity contribution >= 4 is 21.7 Å². The summed E-state index contributed by atoms with van der Waals surface area (Å²) in [4.78, 5) is 14.4. The van der Waals surface area contributed by atoms with Crippen molar-refractivity contribution < 1.29 is 13.2 Å². The molecule has 136 valence electrons. The number of hydrogen-bond donors (Lipinski definition) is 1. The number of aromatic nitrogens is 4. The smallest absolute Gasteiger partial charge is 0.246 e. The molecule has 0 aliphatic carbocycles. The Balaban J connectivity index is 1.79. The fraction of sp³-hybridized carbons (Fsp3) is 0.533. The summed E-state index contributed by atoms with van der Waals surface area (Å²) in [5.74, 6) is 0.385. The third-order valence-corrected chi connectivity index (χ3v) is 5.65. The van der Waals surface area contributed by atoms with Crippen LogP contribution in [0.25, 0.3) is 0 Å². The Morgan fingerprint density at radius 3 is 2.68 bits per heavy atom. The Hall–Kier alpha value is -2.20. The SMILES string of the molecule is CC(C)n1cc(S(=O)(=O)N[C@H]2CCCN(c3ccnn3C)C2=O)cn1. The third-order valence-electron chi connectivity index (χ3n) is 4.22. The number of carbonyl (C=O) groups excluding carboxylic acids is 1.